The van der Waals surface area contributed by atoms with Crippen LogP contribution in [0.1, 0.15) is 29.6 Å². The molecule has 3 rings (SSSR count). The van der Waals surface area contributed by atoms with Crippen molar-refractivity contribution in [2.75, 3.05) is 63.5 Å². The quantitative estimate of drug-likeness (QED) is 0.677. The molecule has 0 amide bonds. The maximum absolute atomic E-state index is 12.7. The highest BCUT2D eigenvalue weighted by Gasteiger charge is 2.20. The van der Waals surface area contributed by atoms with E-state index in [-0.39, 0.29) is 5.78 Å². The molecule has 2 saturated heterocycles. The van der Waals surface area contributed by atoms with Gasteiger partial charge in [0.05, 0.1) is 6.54 Å². The van der Waals surface area contributed by atoms with Crippen LogP contribution >= 0.6 is 0 Å². The van der Waals surface area contributed by atoms with Gasteiger partial charge in [-0.15, -0.1) is 0 Å². The molecule has 2 fully saturated rings. The lowest BCUT2D eigenvalue weighted by Gasteiger charge is -2.32. The van der Waals surface area contributed by atoms with Crippen LogP contribution in [0.25, 0.3) is 0 Å². The van der Waals surface area contributed by atoms with Crippen molar-refractivity contribution in [2.45, 2.75) is 19.3 Å². The Bertz CT molecular complexity index is 546. The largest absolute Gasteiger partial charge is 0.398 e. The van der Waals surface area contributed by atoms with Crippen molar-refractivity contribution in [1.29, 1.82) is 0 Å². The third kappa shape index (κ3) is 4.03. The highest BCUT2D eigenvalue weighted by atomic mass is 16.1. The summed E-state index contributed by atoms with van der Waals surface area (Å²) >= 11 is 0. The predicted molar refractivity (Wildman–Crippen MR) is 95.2 cm³/mol. The summed E-state index contributed by atoms with van der Waals surface area (Å²) in [4.78, 5) is 19.6. The molecule has 2 heterocycles. The minimum Gasteiger partial charge on any atom is -0.398 e. The van der Waals surface area contributed by atoms with Crippen molar-refractivity contribution in [3.8, 4) is 0 Å². The van der Waals surface area contributed by atoms with E-state index in [1.54, 1.807) is 0 Å². The zero-order valence-electron chi connectivity index (χ0n) is 14.1. The lowest BCUT2D eigenvalue weighted by molar-refractivity contribution is 0.0877. The lowest BCUT2D eigenvalue weighted by Crippen LogP contribution is -2.46. The number of anilines is 2. The molecule has 2 aliphatic heterocycles. The van der Waals surface area contributed by atoms with Gasteiger partial charge in [0.1, 0.15) is 0 Å². The summed E-state index contributed by atoms with van der Waals surface area (Å²) in [7, 11) is 2.12. The number of piperazine rings is 1. The Morgan fingerprint density at radius 2 is 1.74 bits per heavy atom. The molecule has 1 aromatic rings. The van der Waals surface area contributed by atoms with Gasteiger partial charge < -0.3 is 15.5 Å². The molecule has 5 nitrogen and oxygen atoms in total. The number of ketones is 1. The van der Waals surface area contributed by atoms with Crippen LogP contribution in [0.5, 0.6) is 0 Å². The second-order valence-electron chi connectivity index (χ2n) is 6.82. The van der Waals surface area contributed by atoms with Crippen LogP contribution in [0.15, 0.2) is 18.2 Å². The monoisotopic (exact) mass is 316 g/mol. The van der Waals surface area contributed by atoms with Gasteiger partial charge in [-0.2, -0.15) is 0 Å². The van der Waals surface area contributed by atoms with Crippen LogP contribution < -0.4 is 10.6 Å². The molecule has 0 saturated carbocycles. The van der Waals surface area contributed by atoms with Gasteiger partial charge in [0, 0.05) is 56.2 Å². The number of benzene rings is 1. The van der Waals surface area contributed by atoms with E-state index in [2.05, 4.69) is 21.7 Å². The molecule has 126 valence electrons. The maximum Gasteiger partial charge on any atom is 0.178 e. The van der Waals surface area contributed by atoms with Crippen molar-refractivity contribution in [3.63, 3.8) is 0 Å². The van der Waals surface area contributed by atoms with Crippen LogP contribution in [0.4, 0.5) is 11.4 Å². The number of hydrogen-bond acceptors (Lipinski definition) is 5. The number of nitrogen functional groups attached to an aromatic ring is 1. The molecule has 2 N–H and O–H groups in total. The Morgan fingerprint density at radius 3 is 2.43 bits per heavy atom. The molecule has 1 aromatic carbocycles. The van der Waals surface area contributed by atoms with Gasteiger partial charge in [0.15, 0.2) is 5.78 Å². The van der Waals surface area contributed by atoms with E-state index >= 15 is 0 Å². The third-order valence-corrected chi connectivity index (χ3v) is 5.02. The molecule has 0 aliphatic carbocycles. The Kier molecular flexibility index (Phi) is 5.18. The third-order valence-electron chi connectivity index (χ3n) is 5.02. The molecule has 5 heteroatoms. The van der Waals surface area contributed by atoms with E-state index in [4.69, 9.17) is 5.73 Å². The lowest BCUT2D eigenvalue weighted by atomic mass is 10.0. The molecule has 23 heavy (non-hydrogen) atoms. The normalized spacial score (nSPS) is 20.7. The van der Waals surface area contributed by atoms with Crippen LogP contribution in [0.3, 0.4) is 0 Å². The fourth-order valence-corrected chi connectivity index (χ4v) is 3.43. The highest BCUT2D eigenvalue weighted by Crippen LogP contribution is 2.25. The van der Waals surface area contributed by atoms with E-state index in [9.17, 15) is 4.79 Å². The summed E-state index contributed by atoms with van der Waals surface area (Å²) < 4.78 is 0. The van der Waals surface area contributed by atoms with Crippen molar-refractivity contribution in [2.24, 2.45) is 0 Å². The summed E-state index contributed by atoms with van der Waals surface area (Å²) in [6.07, 6.45) is 3.77. The second-order valence-corrected chi connectivity index (χ2v) is 6.82. The van der Waals surface area contributed by atoms with Crippen LogP contribution in [0.2, 0.25) is 0 Å². The average Bonchev–Trinajstić information content (AvgIpc) is 2.58. The Hall–Kier alpha value is -1.59. The molecule has 2 aliphatic rings. The first kappa shape index (κ1) is 16.3. The zero-order valence-corrected chi connectivity index (χ0v) is 14.1. The molecular formula is C18H28N4O. The topological polar surface area (TPSA) is 52.8 Å². The van der Waals surface area contributed by atoms with E-state index in [1.807, 2.05) is 18.2 Å². The van der Waals surface area contributed by atoms with Gasteiger partial charge >= 0.3 is 0 Å². The van der Waals surface area contributed by atoms with E-state index < -0.39 is 0 Å². The Balaban J connectivity index is 1.69. The first-order valence-corrected chi connectivity index (χ1v) is 8.72. The van der Waals surface area contributed by atoms with Crippen LogP contribution in [-0.4, -0.2) is 68.4 Å². The van der Waals surface area contributed by atoms with Crippen LogP contribution in [0, 0.1) is 0 Å². The summed E-state index contributed by atoms with van der Waals surface area (Å²) in [6, 6.07) is 5.94. The number of likely N-dealkylation sites (N-methyl/N-ethyl adjacent to an activating group) is 1. The van der Waals surface area contributed by atoms with Crippen molar-refractivity contribution in [3.05, 3.63) is 23.8 Å². The maximum atomic E-state index is 12.7. The molecule has 0 radical (unpaired) electrons. The molecule has 0 bridgehead atoms. The standard InChI is InChI=1S/C18H28N4O/c1-20-9-11-21(12-10-20)14-18(23)16-13-15(5-6-17(16)19)22-7-3-2-4-8-22/h5-6,13H,2-4,7-12,14,19H2,1H3. The number of hydrogen-bond donors (Lipinski definition) is 1. The summed E-state index contributed by atoms with van der Waals surface area (Å²) in [6.45, 7) is 6.59. The number of nitrogens with two attached hydrogens (primary N) is 1. The van der Waals surface area contributed by atoms with E-state index in [0.29, 0.717) is 17.8 Å². The van der Waals surface area contributed by atoms with Gasteiger partial charge in [-0.25, -0.2) is 0 Å². The van der Waals surface area contributed by atoms with E-state index in [0.717, 1.165) is 45.0 Å². The van der Waals surface area contributed by atoms with Crippen LogP contribution in [-0.2, 0) is 0 Å². The Labute approximate surface area is 139 Å². The minimum absolute atomic E-state index is 0.144. The Morgan fingerprint density at radius 1 is 1.04 bits per heavy atom. The molecule has 0 atom stereocenters. The number of carbonyl (C=O) groups excluding carboxylic acids is 1. The van der Waals surface area contributed by atoms with Gasteiger partial charge in [0.2, 0.25) is 0 Å². The average molecular weight is 316 g/mol. The summed E-state index contributed by atoms with van der Waals surface area (Å²) in [5, 5.41) is 0. The minimum atomic E-state index is 0.144. The first-order chi connectivity index (χ1) is 11.1. The molecule has 0 aromatic heterocycles. The fourth-order valence-electron chi connectivity index (χ4n) is 3.43. The van der Waals surface area contributed by atoms with Gasteiger partial charge in [-0.05, 0) is 44.5 Å². The number of rotatable bonds is 4. The molecular weight excluding hydrogens is 288 g/mol. The van der Waals surface area contributed by atoms with Crippen molar-refractivity contribution >= 4 is 17.2 Å². The molecule has 0 unspecified atom stereocenters. The number of piperidine rings is 1. The van der Waals surface area contributed by atoms with Gasteiger partial charge in [-0.1, -0.05) is 0 Å². The van der Waals surface area contributed by atoms with E-state index in [1.165, 1.54) is 19.3 Å². The summed E-state index contributed by atoms with van der Waals surface area (Å²) in [5.41, 5.74) is 8.51. The van der Waals surface area contributed by atoms with Crippen molar-refractivity contribution in [1.82, 2.24) is 9.80 Å². The first-order valence-electron chi connectivity index (χ1n) is 8.72. The zero-order chi connectivity index (χ0) is 16.2. The molecule has 0 spiro atoms. The van der Waals surface area contributed by atoms with Crippen molar-refractivity contribution < 1.29 is 4.79 Å². The predicted octanol–water partition coefficient (Wildman–Crippen LogP) is 1.69. The second kappa shape index (κ2) is 7.32. The SMILES string of the molecule is CN1CCN(CC(=O)c2cc(N3CCCCC3)ccc2N)CC1. The summed E-state index contributed by atoms with van der Waals surface area (Å²) in [5.74, 6) is 0.144. The van der Waals surface area contributed by atoms with Gasteiger partial charge in [-0.3, -0.25) is 9.69 Å². The number of nitrogens with zero attached hydrogens (tertiary/aromatic N) is 3. The van der Waals surface area contributed by atoms with Gasteiger partial charge in [0.25, 0.3) is 0 Å². The number of carbonyl (C=O) groups is 1. The fraction of sp³-hybridized carbons (Fsp3) is 0.611. The number of Topliss-reactive ketones (excluding diaryl/α,β-unsaturated/α-hetero) is 1. The smallest absolute Gasteiger partial charge is 0.178 e. The highest BCUT2D eigenvalue weighted by molar-refractivity contribution is 6.03.